The van der Waals surface area contributed by atoms with E-state index in [0.717, 1.165) is 15.6 Å². The van der Waals surface area contributed by atoms with Gasteiger partial charge in [-0.15, -0.1) is 11.3 Å². The number of hydrogen-bond donors (Lipinski definition) is 1. The Morgan fingerprint density at radius 3 is 2.40 bits per heavy atom. The molecule has 1 heterocycles. The Kier molecular flexibility index (Phi) is 2.15. The first kappa shape index (κ1) is 10.6. The van der Waals surface area contributed by atoms with Crippen molar-refractivity contribution in [3.8, 4) is 0 Å². The number of rotatable bonds is 2. The summed E-state index contributed by atoms with van der Waals surface area (Å²) in [6.45, 7) is 7.97. The lowest BCUT2D eigenvalue weighted by Gasteiger charge is -1.99. The Hall–Kier alpha value is -0.900. The average molecular weight is 225 g/mol. The third-order valence-corrected chi connectivity index (χ3v) is 4.47. The van der Waals surface area contributed by atoms with E-state index in [1.54, 1.807) is 11.3 Å². The summed E-state index contributed by atoms with van der Waals surface area (Å²) < 4.78 is 0. The van der Waals surface area contributed by atoms with Gasteiger partial charge in [0.25, 0.3) is 0 Å². The molecule has 0 spiro atoms. The topological polar surface area (TPSA) is 50.2 Å². The first-order valence-electron chi connectivity index (χ1n) is 5.02. The van der Waals surface area contributed by atoms with Gasteiger partial charge in [0.15, 0.2) is 0 Å². The second kappa shape index (κ2) is 3.04. The van der Waals surface area contributed by atoms with Crippen LogP contribution in [0, 0.1) is 25.2 Å². The number of aryl methyl sites for hydroxylation is 2. The molecule has 1 fully saturated rings. The zero-order valence-electron chi connectivity index (χ0n) is 9.37. The van der Waals surface area contributed by atoms with Gasteiger partial charge in [0.2, 0.25) is 0 Å². The van der Waals surface area contributed by atoms with E-state index >= 15 is 0 Å². The van der Waals surface area contributed by atoms with Crippen molar-refractivity contribution in [3.63, 3.8) is 0 Å². The number of hydrogen-bond acceptors (Lipinski definition) is 3. The summed E-state index contributed by atoms with van der Waals surface area (Å²) >= 11 is 1.63. The monoisotopic (exact) mass is 225 g/mol. The highest BCUT2D eigenvalue weighted by Crippen LogP contribution is 2.65. The van der Waals surface area contributed by atoms with E-state index < -0.39 is 5.97 Å². The predicted molar refractivity (Wildman–Crippen MR) is 59.2 cm³/mol. The Labute approximate surface area is 93.2 Å². The zero-order valence-corrected chi connectivity index (χ0v) is 10.2. The lowest BCUT2D eigenvalue weighted by Crippen LogP contribution is -2.03. The van der Waals surface area contributed by atoms with Gasteiger partial charge in [-0.05, 0) is 19.3 Å². The van der Waals surface area contributed by atoms with Crippen LogP contribution in [0.1, 0.15) is 35.3 Å². The molecule has 0 radical (unpaired) electrons. The van der Waals surface area contributed by atoms with E-state index in [-0.39, 0.29) is 17.3 Å². The first-order valence-corrected chi connectivity index (χ1v) is 5.84. The van der Waals surface area contributed by atoms with Crippen molar-refractivity contribution in [1.82, 2.24) is 4.98 Å². The minimum absolute atomic E-state index is 0.116. The summed E-state index contributed by atoms with van der Waals surface area (Å²) in [5.41, 5.74) is 0.884. The van der Waals surface area contributed by atoms with Gasteiger partial charge in [-0.2, -0.15) is 0 Å². The fourth-order valence-electron chi connectivity index (χ4n) is 2.42. The zero-order chi connectivity index (χ0) is 11.4. The van der Waals surface area contributed by atoms with Crippen LogP contribution < -0.4 is 0 Å². The first-order chi connectivity index (χ1) is 6.85. The van der Waals surface area contributed by atoms with E-state index in [2.05, 4.69) is 4.98 Å². The van der Waals surface area contributed by atoms with Crippen molar-refractivity contribution in [2.24, 2.45) is 11.3 Å². The Balaban J connectivity index is 2.35. The molecule has 0 bridgehead atoms. The number of thiazole rings is 1. The summed E-state index contributed by atoms with van der Waals surface area (Å²) in [6, 6.07) is 0. The van der Waals surface area contributed by atoms with Crippen LogP contribution in [-0.4, -0.2) is 16.1 Å². The standard InChI is InChI=1S/C11H15NO2S/c1-5-9(15-6(2)12-5)7-8(10(13)14)11(7,3)4/h7-8H,1-4H3,(H,13,14). The van der Waals surface area contributed by atoms with Crippen molar-refractivity contribution < 1.29 is 9.90 Å². The molecule has 2 atom stereocenters. The Morgan fingerprint density at radius 2 is 2.07 bits per heavy atom. The molecule has 1 aliphatic rings. The van der Waals surface area contributed by atoms with Crippen LogP contribution in [0.25, 0.3) is 0 Å². The minimum atomic E-state index is -0.685. The maximum Gasteiger partial charge on any atom is 0.307 e. The van der Waals surface area contributed by atoms with Crippen molar-refractivity contribution in [2.75, 3.05) is 0 Å². The third kappa shape index (κ3) is 1.47. The van der Waals surface area contributed by atoms with Crippen molar-refractivity contribution in [2.45, 2.75) is 33.6 Å². The number of aromatic nitrogens is 1. The maximum atomic E-state index is 11.1. The van der Waals surface area contributed by atoms with E-state index in [0.29, 0.717) is 0 Å². The number of carboxylic acid groups (broad SMARTS) is 1. The number of carboxylic acids is 1. The van der Waals surface area contributed by atoms with E-state index in [1.807, 2.05) is 27.7 Å². The fourth-order valence-corrected chi connectivity index (χ4v) is 3.68. The molecular formula is C11H15NO2S. The third-order valence-electron chi connectivity index (χ3n) is 3.32. The van der Waals surface area contributed by atoms with Gasteiger partial charge in [-0.3, -0.25) is 4.79 Å². The van der Waals surface area contributed by atoms with E-state index in [9.17, 15) is 4.79 Å². The molecule has 0 aliphatic heterocycles. The highest BCUT2D eigenvalue weighted by atomic mass is 32.1. The predicted octanol–water partition coefficient (Wildman–Crippen LogP) is 2.58. The van der Waals surface area contributed by atoms with Crippen molar-refractivity contribution >= 4 is 17.3 Å². The molecular weight excluding hydrogens is 210 g/mol. The van der Waals surface area contributed by atoms with Gasteiger partial charge >= 0.3 is 5.97 Å². The van der Waals surface area contributed by atoms with E-state index in [4.69, 9.17) is 5.11 Å². The molecule has 0 amide bonds. The van der Waals surface area contributed by atoms with Crippen LogP contribution >= 0.6 is 11.3 Å². The molecule has 0 saturated heterocycles. The average Bonchev–Trinajstić information content (AvgIpc) is 2.48. The Bertz CT molecular complexity index is 422. The quantitative estimate of drug-likeness (QED) is 0.841. The minimum Gasteiger partial charge on any atom is -0.481 e. The van der Waals surface area contributed by atoms with Gasteiger partial charge in [0.05, 0.1) is 16.6 Å². The summed E-state index contributed by atoms with van der Waals surface area (Å²) in [4.78, 5) is 16.6. The van der Waals surface area contributed by atoms with Gasteiger partial charge in [-0.1, -0.05) is 13.8 Å². The van der Waals surface area contributed by atoms with Gasteiger partial charge in [0, 0.05) is 10.8 Å². The van der Waals surface area contributed by atoms with Crippen molar-refractivity contribution in [3.05, 3.63) is 15.6 Å². The van der Waals surface area contributed by atoms with Gasteiger partial charge < -0.3 is 5.11 Å². The fraction of sp³-hybridized carbons (Fsp3) is 0.636. The molecule has 3 nitrogen and oxygen atoms in total. The Morgan fingerprint density at radius 1 is 1.47 bits per heavy atom. The van der Waals surface area contributed by atoms with Crippen LogP contribution in [0.3, 0.4) is 0 Å². The summed E-state index contributed by atoms with van der Waals surface area (Å²) in [5.74, 6) is -0.771. The normalized spacial score (nSPS) is 27.7. The molecule has 1 saturated carbocycles. The van der Waals surface area contributed by atoms with Crippen LogP contribution in [0.5, 0.6) is 0 Å². The molecule has 82 valence electrons. The molecule has 1 aliphatic carbocycles. The molecule has 0 aromatic carbocycles. The van der Waals surface area contributed by atoms with Gasteiger partial charge in [0.1, 0.15) is 0 Å². The molecule has 4 heteroatoms. The summed E-state index contributed by atoms with van der Waals surface area (Å²) in [7, 11) is 0. The molecule has 1 aromatic rings. The maximum absolute atomic E-state index is 11.1. The lowest BCUT2D eigenvalue weighted by molar-refractivity contribution is -0.139. The van der Waals surface area contributed by atoms with Crippen LogP contribution in [0.4, 0.5) is 0 Å². The largest absolute Gasteiger partial charge is 0.481 e. The molecule has 1 aromatic heterocycles. The smallest absolute Gasteiger partial charge is 0.307 e. The second-order valence-electron chi connectivity index (χ2n) is 4.80. The molecule has 2 unspecified atom stereocenters. The SMILES string of the molecule is Cc1nc(C)c(C2C(C(=O)O)C2(C)C)s1. The van der Waals surface area contributed by atoms with Crippen LogP contribution in [0.15, 0.2) is 0 Å². The molecule has 1 N–H and O–H groups in total. The lowest BCUT2D eigenvalue weighted by atomic mass is 10.1. The number of carbonyl (C=O) groups is 1. The highest BCUT2D eigenvalue weighted by Gasteiger charge is 2.63. The molecule has 15 heavy (non-hydrogen) atoms. The highest BCUT2D eigenvalue weighted by molar-refractivity contribution is 7.11. The van der Waals surface area contributed by atoms with Crippen LogP contribution in [0.2, 0.25) is 0 Å². The number of aliphatic carboxylic acids is 1. The van der Waals surface area contributed by atoms with Crippen LogP contribution in [-0.2, 0) is 4.79 Å². The van der Waals surface area contributed by atoms with Gasteiger partial charge in [-0.25, -0.2) is 4.98 Å². The summed E-state index contributed by atoms with van der Waals surface area (Å²) in [6.07, 6.45) is 0. The summed E-state index contributed by atoms with van der Waals surface area (Å²) in [5, 5.41) is 10.1. The number of nitrogens with zero attached hydrogens (tertiary/aromatic N) is 1. The van der Waals surface area contributed by atoms with Crippen molar-refractivity contribution in [1.29, 1.82) is 0 Å². The second-order valence-corrected chi connectivity index (χ2v) is 6.03. The van der Waals surface area contributed by atoms with E-state index in [1.165, 1.54) is 0 Å². The molecule has 2 rings (SSSR count).